The number of carbonyl (C=O) groups is 1. The maximum atomic E-state index is 11.0. The van der Waals surface area contributed by atoms with E-state index < -0.39 is 28.4 Å². The Hall–Kier alpha value is -1.51. The van der Waals surface area contributed by atoms with Gasteiger partial charge in [0.15, 0.2) is 0 Å². The lowest BCUT2D eigenvalue weighted by atomic mass is 10.0. The second kappa shape index (κ2) is 5.21. The molecule has 1 amide bonds. The summed E-state index contributed by atoms with van der Waals surface area (Å²) in [6, 6.07) is -0.676. The van der Waals surface area contributed by atoms with Gasteiger partial charge in [0.05, 0.1) is 18.8 Å². The van der Waals surface area contributed by atoms with Gasteiger partial charge in [-0.3, -0.25) is 4.18 Å². The second-order valence-electron chi connectivity index (χ2n) is 3.63. The fourth-order valence-corrected chi connectivity index (χ4v) is 2.23. The minimum absolute atomic E-state index is 0.133. The molecule has 0 aromatic carbocycles. The van der Waals surface area contributed by atoms with Crippen molar-refractivity contribution in [3.05, 3.63) is 10.4 Å². The van der Waals surface area contributed by atoms with E-state index in [0.717, 1.165) is 11.2 Å². The Labute approximate surface area is 97.7 Å². The Balaban J connectivity index is 2.83. The highest BCUT2D eigenvalue weighted by Crippen LogP contribution is 2.19. The maximum absolute atomic E-state index is 11.0. The van der Waals surface area contributed by atoms with Crippen LogP contribution in [0.1, 0.15) is 6.42 Å². The first-order valence-corrected chi connectivity index (χ1v) is 6.55. The monoisotopic (exact) mass is 264 g/mol. The van der Waals surface area contributed by atoms with Gasteiger partial charge in [-0.25, -0.2) is 4.79 Å². The summed E-state index contributed by atoms with van der Waals surface area (Å²) in [4.78, 5) is 14.4. The number of likely N-dealkylation sites (tertiary alicyclic amines) is 1. The molecule has 17 heavy (non-hydrogen) atoms. The Bertz CT molecular complexity index is 443. The number of hydrogen-bond acceptors (Lipinski definition) is 5. The maximum Gasteiger partial charge on any atom is 0.407 e. The minimum atomic E-state index is -3.73. The van der Waals surface area contributed by atoms with Crippen molar-refractivity contribution in [2.45, 2.75) is 18.6 Å². The zero-order valence-corrected chi connectivity index (χ0v) is 9.87. The van der Waals surface area contributed by atoms with Crippen molar-refractivity contribution in [3.8, 4) is 0 Å². The van der Waals surface area contributed by atoms with Gasteiger partial charge in [-0.1, -0.05) is 5.11 Å². The molecule has 0 bridgehead atoms. The largest absolute Gasteiger partial charge is 0.465 e. The highest BCUT2D eigenvalue weighted by Gasteiger charge is 2.33. The molecule has 1 heterocycles. The van der Waals surface area contributed by atoms with E-state index in [1.165, 1.54) is 0 Å². The van der Waals surface area contributed by atoms with Crippen LogP contribution in [-0.4, -0.2) is 56.0 Å². The summed E-state index contributed by atoms with van der Waals surface area (Å²) in [6.07, 6.45) is -1.03. The number of hydrogen-bond donors (Lipinski definition) is 1. The van der Waals surface area contributed by atoms with Crippen molar-refractivity contribution < 1.29 is 22.5 Å². The fraction of sp³-hybridized carbons (Fsp3) is 0.857. The molecule has 0 aromatic heterocycles. The van der Waals surface area contributed by atoms with Gasteiger partial charge in [0, 0.05) is 11.5 Å². The van der Waals surface area contributed by atoms with E-state index in [9.17, 15) is 13.2 Å². The number of piperidine rings is 1. The van der Waals surface area contributed by atoms with Crippen molar-refractivity contribution >= 4 is 16.2 Å². The molecule has 1 aliphatic rings. The molecule has 2 unspecified atom stereocenters. The molecule has 1 saturated heterocycles. The first-order chi connectivity index (χ1) is 7.83. The van der Waals surface area contributed by atoms with Crippen LogP contribution >= 0.6 is 0 Å². The van der Waals surface area contributed by atoms with Crippen molar-refractivity contribution in [1.82, 2.24) is 4.90 Å². The summed E-state index contributed by atoms with van der Waals surface area (Å²) < 4.78 is 26.7. The molecular formula is C7H12N4O5S. The molecule has 1 aliphatic heterocycles. The molecule has 1 rings (SSSR count). The quantitative estimate of drug-likeness (QED) is 0.341. The molecular weight excluding hydrogens is 252 g/mol. The van der Waals surface area contributed by atoms with Gasteiger partial charge in [-0.2, -0.15) is 8.42 Å². The Morgan fingerprint density at radius 3 is 2.76 bits per heavy atom. The lowest BCUT2D eigenvalue weighted by Gasteiger charge is -2.33. The van der Waals surface area contributed by atoms with E-state index in [1.807, 2.05) is 0 Å². The first-order valence-electron chi connectivity index (χ1n) is 4.74. The summed E-state index contributed by atoms with van der Waals surface area (Å²) >= 11 is 0. The molecule has 96 valence electrons. The fourth-order valence-electron chi connectivity index (χ4n) is 1.60. The molecule has 1 fully saturated rings. The molecule has 0 saturated carbocycles. The van der Waals surface area contributed by atoms with Gasteiger partial charge < -0.3 is 10.0 Å². The molecule has 0 spiro atoms. The van der Waals surface area contributed by atoms with Crippen molar-refractivity contribution in [1.29, 1.82) is 0 Å². The normalized spacial score (nSPS) is 25.1. The van der Waals surface area contributed by atoms with Gasteiger partial charge >= 0.3 is 6.09 Å². The average Bonchev–Trinajstić information content (AvgIpc) is 2.18. The molecule has 1 N–H and O–H groups in total. The Morgan fingerprint density at radius 1 is 1.65 bits per heavy atom. The van der Waals surface area contributed by atoms with Crippen LogP contribution < -0.4 is 0 Å². The zero-order valence-electron chi connectivity index (χ0n) is 9.05. The third kappa shape index (κ3) is 4.10. The SMILES string of the molecule is CS(=O)(=O)OC1CN(C(=O)O)CCC1N=[N+]=[N-]. The number of carboxylic acid groups (broad SMARTS) is 1. The van der Waals surface area contributed by atoms with Crippen LogP contribution in [0.4, 0.5) is 4.79 Å². The summed E-state index contributed by atoms with van der Waals surface area (Å²) in [7, 11) is -3.73. The molecule has 0 radical (unpaired) electrons. The van der Waals surface area contributed by atoms with E-state index in [0.29, 0.717) is 0 Å². The van der Waals surface area contributed by atoms with Crippen LogP contribution in [0.3, 0.4) is 0 Å². The standard InChI is InChI=1S/C7H12N4O5S/c1-17(14,15)16-6-4-11(7(12)13)3-2-5(6)9-10-8/h5-6H,2-4H2,1H3,(H,12,13). The van der Waals surface area contributed by atoms with Crippen LogP contribution in [0, 0.1) is 0 Å². The van der Waals surface area contributed by atoms with Gasteiger partial charge in [-0.15, -0.1) is 0 Å². The smallest absolute Gasteiger partial charge is 0.407 e. The topological polar surface area (TPSA) is 133 Å². The minimum Gasteiger partial charge on any atom is -0.465 e. The van der Waals surface area contributed by atoms with Crippen molar-refractivity contribution in [3.63, 3.8) is 0 Å². The van der Waals surface area contributed by atoms with E-state index in [-0.39, 0.29) is 19.5 Å². The van der Waals surface area contributed by atoms with Crippen LogP contribution in [0.25, 0.3) is 10.4 Å². The third-order valence-electron chi connectivity index (χ3n) is 2.29. The average molecular weight is 264 g/mol. The lowest BCUT2D eigenvalue weighted by molar-refractivity contribution is 0.0705. The Kier molecular flexibility index (Phi) is 4.16. The molecule has 0 aliphatic carbocycles. The van der Waals surface area contributed by atoms with E-state index in [2.05, 4.69) is 10.0 Å². The van der Waals surface area contributed by atoms with Crippen LogP contribution in [-0.2, 0) is 14.3 Å². The highest BCUT2D eigenvalue weighted by atomic mass is 32.2. The van der Waals surface area contributed by atoms with Crippen molar-refractivity contribution in [2.75, 3.05) is 19.3 Å². The molecule has 9 nitrogen and oxygen atoms in total. The van der Waals surface area contributed by atoms with E-state index in [1.54, 1.807) is 0 Å². The number of rotatable bonds is 3. The lowest BCUT2D eigenvalue weighted by Crippen LogP contribution is -2.49. The molecule has 0 aromatic rings. The first kappa shape index (κ1) is 13.6. The predicted octanol–water partition coefficient (Wildman–Crippen LogP) is 0.394. The van der Waals surface area contributed by atoms with Gasteiger partial charge in [0.1, 0.15) is 6.10 Å². The second-order valence-corrected chi connectivity index (χ2v) is 5.23. The van der Waals surface area contributed by atoms with Crippen LogP contribution in [0.15, 0.2) is 5.11 Å². The number of azide groups is 1. The molecule has 10 heteroatoms. The van der Waals surface area contributed by atoms with E-state index >= 15 is 0 Å². The summed E-state index contributed by atoms with van der Waals surface area (Å²) in [6.45, 7) is 0.0503. The van der Waals surface area contributed by atoms with Crippen LogP contribution in [0.2, 0.25) is 0 Å². The van der Waals surface area contributed by atoms with Gasteiger partial charge in [-0.05, 0) is 12.0 Å². The highest BCUT2D eigenvalue weighted by molar-refractivity contribution is 7.86. The Morgan fingerprint density at radius 2 is 2.29 bits per heavy atom. The number of nitrogens with zero attached hydrogens (tertiary/aromatic N) is 4. The van der Waals surface area contributed by atoms with Gasteiger partial charge in [0.2, 0.25) is 0 Å². The number of amides is 1. The van der Waals surface area contributed by atoms with Gasteiger partial charge in [0.25, 0.3) is 10.1 Å². The summed E-state index contributed by atoms with van der Waals surface area (Å²) in [5, 5.41) is 12.2. The van der Waals surface area contributed by atoms with Crippen LogP contribution in [0.5, 0.6) is 0 Å². The summed E-state index contributed by atoms with van der Waals surface area (Å²) in [5.41, 5.74) is 8.33. The van der Waals surface area contributed by atoms with E-state index in [4.69, 9.17) is 14.8 Å². The third-order valence-corrected chi connectivity index (χ3v) is 2.89. The molecule has 2 atom stereocenters. The predicted molar refractivity (Wildman–Crippen MR) is 56.9 cm³/mol. The van der Waals surface area contributed by atoms with Crippen molar-refractivity contribution in [2.24, 2.45) is 5.11 Å². The summed E-state index contributed by atoms with van der Waals surface area (Å²) in [5.74, 6) is 0. The zero-order chi connectivity index (χ0) is 13.1.